The van der Waals surface area contributed by atoms with E-state index in [4.69, 9.17) is 16.3 Å². The maximum atomic E-state index is 13.2. The summed E-state index contributed by atoms with van der Waals surface area (Å²) in [5, 5.41) is 0.417. The molecule has 2 aromatic rings. The van der Waals surface area contributed by atoms with Gasteiger partial charge >= 0.3 is 0 Å². The van der Waals surface area contributed by atoms with Crippen LogP contribution in [0.4, 0.5) is 10.1 Å². The molecule has 0 aliphatic carbocycles. The molecule has 2 aromatic carbocycles. The van der Waals surface area contributed by atoms with Crippen LogP contribution in [0.1, 0.15) is 5.56 Å². The van der Waals surface area contributed by atoms with Gasteiger partial charge in [-0.3, -0.25) is 4.31 Å². The van der Waals surface area contributed by atoms with Crippen LogP contribution in [0.3, 0.4) is 0 Å². The normalized spacial score (nSPS) is 14.4. The van der Waals surface area contributed by atoms with E-state index in [2.05, 4.69) is 0 Å². The van der Waals surface area contributed by atoms with E-state index in [1.165, 1.54) is 16.4 Å². The van der Waals surface area contributed by atoms with Gasteiger partial charge in [0.25, 0.3) is 10.0 Å². The third kappa shape index (κ3) is 2.53. The number of benzene rings is 2. The molecule has 0 saturated carbocycles. The summed E-state index contributed by atoms with van der Waals surface area (Å²) in [5.41, 5.74) is 0.748. The van der Waals surface area contributed by atoms with E-state index in [0.717, 1.165) is 6.07 Å². The fourth-order valence-electron chi connectivity index (χ4n) is 2.44. The molecule has 22 heavy (non-hydrogen) atoms. The number of aryl methyl sites for hydroxylation is 1. The van der Waals surface area contributed by atoms with Crippen LogP contribution in [0.5, 0.6) is 5.75 Å². The van der Waals surface area contributed by atoms with E-state index < -0.39 is 15.8 Å². The average Bonchev–Trinajstić information content (AvgIpc) is 2.46. The van der Waals surface area contributed by atoms with E-state index in [-0.39, 0.29) is 18.0 Å². The smallest absolute Gasteiger partial charge is 0.264 e. The number of sulfonamides is 1. The van der Waals surface area contributed by atoms with Gasteiger partial charge in [0.05, 0.1) is 17.1 Å². The molecule has 0 spiro atoms. The van der Waals surface area contributed by atoms with Gasteiger partial charge in [-0.25, -0.2) is 12.8 Å². The molecule has 0 radical (unpaired) electrons. The molecule has 116 valence electrons. The van der Waals surface area contributed by atoms with Crippen LogP contribution in [0, 0.1) is 12.7 Å². The van der Waals surface area contributed by atoms with Gasteiger partial charge in [0.1, 0.15) is 18.2 Å². The SMILES string of the molecule is Cc1cc(F)ccc1S(=O)(=O)N1CCOc2ccc(Cl)cc21. The van der Waals surface area contributed by atoms with Crippen molar-refractivity contribution >= 4 is 27.3 Å². The van der Waals surface area contributed by atoms with E-state index in [0.29, 0.717) is 22.0 Å². The van der Waals surface area contributed by atoms with Crippen LogP contribution in [-0.2, 0) is 10.0 Å². The lowest BCUT2D eigenvalue weighted by atomic mass is 10.2. The fourth-order valence-corrected chi connectivity index (χ4v) is 4.26. The Morgan fingerprint density at radius 3 is 2.73 bits per heavy atom. The topological polar surface area (TPSA) is 46.6 Å². The molecule has 4 nitrogen and oxygen atoms in total. The number of fused-ring (bicyclic) bond motifs is 1. The maximum Gasteiger partial charge on any atom is 0.264 e. The van der Waals surface area contributed by atoms with Crippen molar-refractivity contribution in [3.05, 3.63) is 52.8 Å². The molecule has 0 fully saturated rings. The highest BCUT2D eigenvalue weighted by atomic mass is 35.5. The summed E-state index contributed by atoms with van der Waals surface area (Å²) < 4.78 is 45.7. The molecule has 1 aliphatic rings. The van der Waals surface area contributed by atoms with Gasteiger partial charge in [0.15, 0.2) is 0 Å². The molecule has 1 aliphatic heterocycles. The molecule has 0 bridgehead atoms. The molecular weight excluding hydrogens is 329 g/mol. The third-order valence-corrected chi connectivity index (χ3v) is 5.66. The number of hydrogen-bond acceptors (Lipinski definition) is 3. The van der Waals surface area contributed by atoms with Gasteiger partial charge < -0.3 is 4.74 Å². The summed E-state index contributed by atoms with van der Waals surface area (Å²) in [6, 6.07) is 8.44. The third-order valence-electron chi connectivity index (χ3n) is 3.45. The summed E-state index contributed by atoms with van der Waals surface area (Å²) in [6.45, 7) is 1.98. The van der Waals surface area contributed by atoms with Crippen LogP contribution in [0.15, 0.2) is 41.3 Å². The summed E-state index contributed by atoms with van der Waals surface area (Å²) in [4.78, 5) is 0.0710. The highest BCUT2D eigenvalue weighted by molar-refractivity contribution is 7.92. The molecule has 0 unspecified atom stereocenters. The Morgan fingerprint density at radius 1 is 1.23 bits per heavy atom. The second-order valence-electron chi connectivity index (χ2n) is 4.95. The van der Waals surface area contributed by atoms with E-state index in [1.54, 1.807) is 25.1 Å². The molecule has 0 N–H and O–H groups in total. The van der Waals surface area contributed by atoms with Crippen molar-refractivity contribution in [3.8, 4) is 5.75 Å². The van der Waals surface area contributed by atoms with Crippen LogP contribution < -0.4 is 9.04 Å². The first-order valence-corrected chi connectivity index (χ1v) is 8.42. The van der Waals surface area contributed by atoms with Gasteiger partial charge in [0, 0.05) is 5.02 Å². The number of nitrogens with zero attached hydrogens (tertiary/aromatic N) is 1. The largest absolute Gasteiger partial charge is 0.489 e. The molecule has 0 aromatic heterocycles. The summed E-state index contributed by atoms with van der Waals surface area (Å²) in [6.07, 6.45) is 0. The minimum absolute atomic E-state index is 0.0710. The van der Waals surface area contributed by atoms with Crippen molar-refractivity contribution in [2.24, 2.45) is 0 Å². The summed E-state index contributed by atoms with van der Waals surface area (Å²) in [7, 11) is -3.81. The van der Waals surface area contributed by atoms with Gasteiger partial charge in [-0.1, -0.05) is 11.6 Å². The Balaban J connectivity index is 2.13. The summed E-state index contributed by atoms with van der Waals surface area (Å²) >= 11 is 5.96. The first-order chi connectivity index (χ1) is 10.4. The minimum atomic E-state index is -3.81. The lowest BCUT2D eigenvalue weighted by Gasteiger charge is -2.31. The maximum absolute atomic E-state index is 13.2. The fraction of sp³-hybridized carbons (Fsp3) is 0.200. The molecule has 0 saturated heterocycles. The van der Waals surface area contributed by atoms with Crippen LogP contribution in [0.2, 0.25) is 5.02 Å². The zero-order chi connectivity index (χ0) is 15.9. The van der Waals surface area contributed by atoms with Gasteiger partial charge in [-0.05, 0) is 48.9 Å². The van der Waals surface area contributed by atoms with Crippen LogP contribution in [0.25, 0.3) is 0 Å². The Bertz CT molecular complexity index is 839. The second-order valence-corrected chi connectivity index (χ2v) is 7.21. The highest BCUT2D eigenvalue weighted by Gasteiger charge is 2.31. The van der Waals surface area contributed by atoms with E-state index in [9.17, 15) is 12.8 Å². The van der Waals surface area contributed by atoms with Gasteiger partial charge in [0.2, 0.25) is 0 Å². The quantitative estimate of drug-likeness (QED) is 0.841. The zero-order valence-electron chi connectivity index (χ0n) is 11.7. The lowest BCUT2D eigenvalue weighted by Crippen LogP contribution is -2.38. The van der Waals surface area contributed by atoms with Crippen molar-refractivity contribution < 1.29 is 17.5 Å². The number of halogens is 2. The Kier molecular flexibility index (Phi) is 3.74. The number of hydrogen-bond donors (Lipinski definition) is 0. The van der Waals surface area contributed by atoms with E-state index in [1.807, 2.05) is 0 Å². The number of rotatable bonds is 2. The van der Waals surface area contributed by atoms with Gasteiger partial charge in [-0.15, -0.1) is 0 Å². The molecule has 0 atom stereocenters. The first kappa shape index (κ1) is 15.1. The molecular formula is C15H13ClFNO3S. The minimum Gasteiger partial charge on any atom is -0.489 e. The van der Waals surface area contributed by atoms with Crippen molar-refractivity contribution in [2.75, 3.05) is 17.5 Å². The second kappa shape index (κ2) is 5.44. The molecule has 1 heterocycles. The number of ether oxygens (including phenoxy) is 1. The molecule has 3 rings (SSSR count). The first-order valence-electron chi connectivity index (χ1n) is 6.61. The zero-order valence-corrected chi connectivity index (χ0v) is 13.3. The predicted molar refractivity (Wildman–Crippen MR) is 82.6 cm³/mol. The van der Waals surface area contributed by atoms with Crippen molar-refractivity contribution in [3.63, 3.8) is 0 Å². The standard InChI is InChI=1S/C15H13ClFNO3S/c1-10-8-12(17)3-5-15(10)22(19,20)18-6-7-21-14-4-2-11(16)9-13(14)18/h2-5,8-9H,6-7H2,1H3. The van der Waals surface area contributed by atoms with E-state index >= 15 is 0 Å². The lowest BCUT2D eigenvalue weighted by molar-refractivity contribution is 0.316. The predicted octanol–water partition coefficient (Wildman–Crippen LogP) is 3.38. The Morgan fingerprint density at radius 2 is 2.00 bits per heavy atom. The molecule has 0 amide bonds. The monoisotopic (exact) mass is 341 g/mol. The Hall–Kier alpha value is -1.79. The van der Waals surface area contributed by atoms with Crippen LogP contribution in [-0.4, -0.2) is 21.6 Å². The average molecular weight is 342 g/mol. The Labute approximate surface area is 133 Å². The highest BCUT2D eigenvalue weighted by Crippen LogP contribution is 2.37. The van der Waals surface area contributed by atoms with Crippen molar-refractivity contribution in [2.45, 2.75) is 11.8 Å². The van der Waals surface area contributed by atoms with Crippen molar-refractivity contribution in [1.29, 1.82) is 0 Å². The van der Waals surface area contributed by atoms with Crippen molar-refractivity contribution in [1.82, 2.24) is 0 Å². The van der Waals surface area contributed by atoms with Gasteiger partial charge in [-0.2, -0.15) is 0 Å². The number of anilines is 1. The summed E-state index contributed by atoms with van der Waals surface area (Å²) in [5.74, 6) is -0.0131. The molecule has 7 heteroatoms. The van der Waals surface area contributed by atoms with Crippen LogP contribution >= 0.6 is 11.6 Å².